The van der Waals surface area contributed by atoms with Gasteiger partial charge in [-0.05, 0) is 18.2 Å². The van der Waals surface area contributed by atoms with Crippen LogP contribution in [0.1, 0.15) is 5.69 Å². The van der Waals surface area contributed by atoms with Crippen molar-refractivity contribution < 1.29 is 9.13 Å². The first kappa shape index (κ1) is 10.8. The van der Waals surface area contributed by atoms with E-state index in [0.717, 1.165) is 6.07 Å². The third-order valence-electron chi connectivity index (χ3n) is 1.92. The third-order valence-corrected chi connectivity index (χ3v) is 1.92. The average molecular weight is 230 g/mol. The van der Waals surface area contributed by atoms with Crippen molar-refractivity contribution in [2.75, 3.05) is 5.73 Å². The van der Waals surface area contributed by atoms with Gasteiger partial charge in [-0.15, -0.1) is 0 Å². The molecule has 6 heteroatoms. The number of halogens is 1. The van der Waals surface area contributed by atoms with E-state index in [9.17, 15) is 4.39 Å². The van der Waals surface area contributed by atoms with Crippen molar-refractivity contribution in [3.63, 3.8) is 0 Å². The number of ether oxygens (including phenoxy) is 1. The van der Waals surface area contributed by atoms with E-state index in [-0.39, 0.29) is 23.1 Å². The van der Waals surface area contributed by atoms with Crippen LogP contribution in [0.2, 0.25) is 0 Å². The predicted molar refractivity (Wildman–Crippen MR) is 57.6 cm³/mol. The normalized spacial score (nSPS) is 9.65. The molecule has 0 unspecified atom stereocenters. The molecule has 84 valence electrons. The lowest BCUT2D eigenvalue weighted by Crippen LogP contribution is -1.97. The van der Waals surface area contributed by atoms with Gasteiger partial charge < -0.3 is 10.5 Å². The van der Waals surface area contributed by atoms with Crippen molar-refractivity contribution in [2.24, 2.45) is 0 Å². The minimum absolute atomic E-state index is 0.0117. The highest BCUT2D eigenvalue weighted by Crippen LogP contribution is 2.25. The van der Waals surface area contributed by atoms with Gasteiger partial charge in [-0.2, -0.15) is 10.2 Å². The van der Waals surface area contributed by atoms with Crippen LogP contribution < -0.4 is 10.5 Å². The number of nitrogens with zero attached hydrogens (tertiary/aromatic N) is 3. The number of hydrogen-bond acceptors (Lipinski definition) is 5. The lowest BCUT2D eigenvalue weighted by Gasteiger charge is -2.06. The van der Waals surface area contributed by atoms with Gasteiger partial charge in [0.15, 0.2) is 5.75 Å². The fourth-order valence-corrected chi connectivity index (χ4v) is 1.16. The Morgan fingerprint density at radius 2 is 2.18 bits per heavy atom. The molecule has 17 heavy (non-hydrogen) atoms. The summed E-state index contributed by atoms with van der Waals surface area (Å²) in [7, 11) is 0. The summed E-state index contributed by atoms with van der Waals surface area (Å²) in [6, 6.07) is 6.99. The van der Waals surface area contributed by atoms with E-state index in [1.165, 1.54) is 24.4 Å². The smallest absolute Gasteiger partial charge is 0.323 e. The standard InChI is InChI=1S/C11H7FN4O/c12-7-1-2-10(9(14)5-7)17-11-15-4-3-8(6-13)16-11/h1-5H,14H2. The Balaban J connectivity index is 2.28. The Morgan fingerprint density at radius 1 is 1.35 bits per heavy atom. The average Bonchev–Trinajstić information content (AvgIpc) is 2.33. The van der Waals surface area contributed by atoms with Crippen LogP contribution in [0.3, 0.4) is 0 Å². The number of aromatic nitrogens is 2. The van der Waals surface area contributed by atoms with E-state index in [0.29, 0.717) is 0 Å². The van der Waals surface area contributed by atoms with Gasteiger partial charge in [0, 0.05) is 12.3 Å². The maximum atomic E-state index is 12.8. The van der Waals surface area contributed by atoms with Crippen molar-refractivity contribution >= 4 is 5.69 Å². The number of hydrogen-bond donors (Lipinski definition) is 1. The highest BCUT2D eigenvalue weighted by Gasteiger charge is 2.06. The van der Waals surface area contributed by atoms with E-state index in [4.69, 9.17) is 15.7 Å². The molecule has 0 aliphatic heterocycles. The van der Waals surface area contributed by atoms with Crippen LogP contribution in [0.4, 0.5) is 10.1 Å². The Kier molecular flexibility index (Phi) is 2.83. The summed E-state index contributed by atoms with van der Waals surface area (Å²) in [4.78, 5) is 7.62. The summed E-state index contributed by atoms with van der Waals surface area (Å²) < 4.78 is 18.0. The molecule has 2 aromatic rings. The van der Waals surface area contributed by atoms with Gasteiger partial charge in [0.05, 0.1) is 5.69 Å². The zero-order chi connectivity index (χ0) is 12.3. The molecule has 0 aliphatic carbocycles. The van der Waals surface area contributed by atoms with E-state index >= 15 is 0 Å². The first-order valence-corrected chi connectivity index (χ1v) is 4.65. The van der Waals surface area contributed by atoms with Gasteiger partial charge in [0.1, 0.15) is 17.6 Å². The topological polar surface area (TPSA) is 84.8 Å². The van der Waals surface area contributed by atoms with Crippen molar-refractivity contribution in [3.05, 3.63) is 42.0 Å². The molecule has 2 N–H and O–H groups in total. The second-order valence-corrected chi connectivity index (χ2v) is 3.12. The van der Waals surface area contributed by atoms with E-state index < -0.39 is 5.82 Å². The Hall–Kier alpha value is -2.68. The molecule has 1 aromatic carbocycles. The number of rotatable bonds is 2. The molecule has 0 fully saturated rings. The van der Waals surface area contributed by atoms with Crippen LogP contribution in [-0.4, -0.2) is 9.97 Å². The number of nitriles is 1. The number of nitrogens with two attached hydrogens (primary N) is 1. The van der Waals surface area contributed by atoms with Crippen LogP contribution in [0.15, 0.2) is 30.5 Å². The Morgan fingerprint density at radius 3 is 2.88 bits per heavy atom. The highest BCUT2D eigenvalue weighted by molar-refractivity contribution is 5.53. The van der Waals surface area contributed by atoms with Gasteiger partial charge in [0.2, 0.25) is 0 Å². The Bertz CT molecular complexity index is 594. The van der Waals surface area contributed by atoms with Crippen LogP contribution in [0.25, 0.3) is 0 Å². The van der Waals surface area contributed by atoms with E-state index in [1.54, 1.807) is 0 Å². The van der Waals surface area contributed by atoms with Gasteiger partial charge in [-0.3, -0.25) is 0 Å². The molecule has 5 nitrogen and oxygen atoms in total. The van der Waals surface area contributed by atoms with Crippen molar-refractivity contribution in [2.45, 2.75) is 0 Å². The minimum Gasteiger partial charge on any atom is -0.422 e. The Labute approximate surface area is 96.3 Å². The highest BCUT2D eigenvalue weighted by atomic mass is 19.1. The minimum atomic E-state index is -0.457. The first-order valence-electron chi connectivity index (χ1n) is 4.65. The molecule has 1 aromatic heterocycles. The molecule has 0 atom stereocenters. The first-order chi connectivity index (χ1) is 8.19. The fourth-order valence-electron chi connectivity index (χ4n) is 1.16. The number of benzene rings is 1. The molecule has 0 radical (unpaired) electrons. The van der Waals surface area contributed by atoms with Crippen molar-refractivity contribution in [1.29, 1.82) is 5.26 Å². The summed E-state index contributed by atoms with van der Waals surface area (Å²) in [6.45, 7) is 0. The van der Waals surface area contributed by atoms with Gasteiger partial charge in [0.25, 0.3) is 0 Å². The number of anilines is 1. The molecule has 2 rings (SSSR count). The lowest BCUT2D eigenvalue weighted by molar-refractivity contribution is 0.442. The monoisotopic (exact) mass is 230 g/mol. The second kappa shape index (κ2) is 4.45. The number of nitrogen functional groups attached to an aromatic ring is 1. The van der Waals surface area contributed by atoms with E-state index in [1.807, 2.05) is 6.07 Å². The molecular formula is C11H7FN4O. The van der Waals surface area contributed by atoms with Gasteiger partial charge in [-0.25, -0.2) is 9.37 Å². The van der Waals surface area contributed by atoms with Gasteiger partial charge >= 0.3 is 6.01 Å². The van der Waals surface area contributed by atoms with E-state index in [2.05, 4.69) is 9.97 Å². The molecule has 0 bridgehead atoms. The summed E-state index contributed by atoms with van der Waals surface area (Å²) in [6.07, 6.45) is 1.39. The maximum Gasteiger partial charge on any atom is 0.323 e. The fraction of sp³-hybridized carbons (Fsp3) is 0. The summed E-state index contributed by atoms with van der Waals surface area (Å²) in [5, 5.41) is 8.65. The van der Waals surface area contributed by atoms with Crippen LogP contribution in [-0.2, 0) is 0 Å². The van der Waals surface area contributed by atoms with Crippen LogP contribution in [0, 0.1) is 17.1 Å². The molecule has 0 saturated heterocycles. The van der Waals surface area contributed by atoms with Crippen molar-refractivity contribution in [3.8, 4) is 17.8 Å². The molecule has 1 heterocycles. The molecule has 0 saturated carbocycles. The molecular weight excluding hydrogens is 223 g/mol. The SMILES string of the molecule is N#Cc1ccnc(Oc2ccc(F)cc2N)n1. The summed E-state index contributed by atoms with van der Waals surface area (Å²) in [5.74, 6) is -0.219. The maximum absolute atomic E-state index is 12.8. The van der Waals surface area contributed by atoms with Crippen LogP contribution >= 0.6 is 0 Å². The zero-order valence-electron chi connectivity index (χ0n) is 8.59. The predicted octanol–water partition coefficient (Wildman–Crippen LogP) is 1.86. The summed E-state index contributed by atoms with van der Waals surface area (Å²) in [5.41, 5.74) is 5.87. The van der Waals surface area contributed by atoms with Crippen LogP contribution in [0.5, 0.6) is 11.8 Å². The lowest BCUT2D eigenvalue weighted by atomic mass is 10.3. The molecule has 0 amide bonds. The second-order valence-electron chi connectivity index (χ2n) is 3.12. The molecule has 0 aliphatic rings. The zero-order valence-corrected chi connectivity index (χ0v) is 8.59. The van der Waals surface area contributed by atoms with Gasteiger partial charge in [-0.1, -0.05) is 0 Å². The summed E-state index contributed by atoms with van der Waals surface area (Å²) >= 11 is 0. The third kappa shape index (κ3) is 2.46. The van der Waals surface area contributed by atoms with Crippen molar-refractivity contribution in [1.82, 2.24) is 9.97 Å². The molecule has 0 spiro atoms. The largest absolute Gasteiger partial charge is 0.422 e. The quantitative estimate of drug-likeness (QED) is 0.796.